The predicted molar refractivity (Wildman–Crippen MR) is 107 cm³/mol. The maximum absolute atomic E-state index is 12.4. The smallest absolute Gasteiger partial charge is 0.241 e. The second-order valence-corrected chi connectivity index (χ2v) is 10.5. The number of amides is 1. The number of sulfone groups is 1. The number of carbonyl (C=O) groups excluding carboxylic acids is 1. The number of carbonyl (C=O) groups is 1. The molecule has 0 aliphatic rings. The maximum atomic E-state index is 12.4. The highest BCUT2D eigenvalue weighted by molar-refractivity contribution is 7.90. The van der Waals surface area contributed by atoms with E-state index in [1.807, 2.05) is 0 Å². The van der Waals surface area contributed by atoms with Gasteiger partial charge in [-0.3, -0.25) is 4.79 Å². The van der Waals surface area contributed by atoms with Gasteiger partial charge in [-0.25, -0.2) is 16.8 Å². The summed E-state index contributed by atoms with van der Waals surface area (Å²) in [7, 11) is -7.18. The Hall–Kier alpha value is -1.94. The molecule has 2 aromatic rings. The van der Waals surface area contributed by atoms with Gasteiger partial charge in [0.2, 0.25) is 15.9 Å². The molecule has 2 N–H and O–H groups in total. The number of hydrogen-bond acceptors (Lipinski definition) is 5. The molecule has 0 saturated carbocycles. The minimum Gasteiger partial charge on any atom is -0.348 e. The van der Waals surface area contributed by atoms with Gasteiger partial charge in [0.05, 0.1) is 21.9 Å². The summed E-state index contributed by atoms with van der Waals surface area (Å²) in [4.78, 5) is 12.5. The topological polar surface area (TPSA) is 109 Å². The average molecular weight is 445 g/mol. The van der Waals surface area contributed by atoms with Crippen LogP contribution in [0.5, 0.6) is 0 Å². The summed E-state index contributed by atoms with van der Waals surface area (Å²) in [6.07, 6.45) is 1.11. The van der Waals surface area contributed by atoms with Crippen molar-refractivity contribution in [2.75, 3.05) is 6.26 Å². The molecule has 7 nitrogen and oxygen atoms in total. The zero-order valence-electron chi connectivity index (χ0n) is 15.5. The molecule has 0 bridgehead atoms. The van der Waals surface area contributed by atoms with E-state index in [-0.39, 0.29) is 9.79 Å². The van der Waals surface area contributed by atoms with E-state index in [1.54, 1.807) is 19.1 Å². The normalized spacial score (nSPS) is 14.3. The molecule has 0 aliphatic carbocycles. The fraction of sp³-hybridized carbons (Fsp3) is 0.278. The molecule has 1 amide bonds. The lowest BCUT2D eigenvalue weighted by molar-refractivity contribution is -0.123. The standard InChI is InChI=1S/C18H21ClN2O5S2/c1-12(14-4-8-16(9-5-14)27(3,23)24)20-18(22)13(2)21-28(25,26)17-10-6-15(19)7-11-17/h4-13,21H,1-3H3,(H,20,22)/t12?,13-/m0/s1. The monoisotopic (exact) mass is 444 g/mol. The summed E-state index contributed by atoms with van der Waals surface area (Å²) < 4.78 is 50.0. The van der Waals surface area contributed by atoms with E-state index in [9.17, 15) is 21.6 Å². The van der Waals surface area contributed by atoms with Crippen LogP contribution < -0.4 is 10.0 Å². The maximum Gasteiger partial charge on any atom is 0.241 e. The minimum atomic E-state index is -3.88. The Morgan fingerprint density at radius 3 is 1.89 bits per heavy atom. The van der Waals surface area contributed by atoms with Crippen LogP contribution in [-0.4, -0.2) is 35.0 Å². The SMILES string of the molecule is CC(NC(=O)[C@H](C)NS(=O)(=O)c1ccc(Cl)cc1)c1ccc(S(C)(=O)=O)cc1. The van der Waals surface area contributed by atoms with Crippen molar-refractivity contribution in [3.8, 4) is 0 Å². The highest BCUT2D eigenvalue weighted by Gasteiger charge is 2.23. The van der Waals surface area contributed by atoms with Crippen molar-refractivity contribution in [2.45, 2.75) is 35.7 Å². The summed E-state index contributed by atoms with van der Waals surface area (Å²) in [6, 6.07) is 10.3. The van der Waals surface area contributed by atoms with Crippen molar-refractivity contribution in [3.05, 3.63) is 59.1 Å². The van der Waals surface area contributed by atoms with Gasteiger partial charge in [0.1, 0.15) is 0 Å². The van der Waals surface area contributed by atoms with Crippen molar-refractivity contribution in [3.63, 3.8) is 0 Å². The second kappa shape index (κ2) is 8.60. The van der Waals surface area contributed by atoms with Gasteiger partial charge in [-0.05, 0) is 55.8 Å². The van der Waals surface area contributed by atoms with Gasteiger partial charge in [0.25, 0.3) is 0 Å². The molecule has 28 heavy (non-hydrogen) atoms. The third-order valence-electron chi connectivity index (χ3n) is 4.02. The first-order valence-electron chi connectivity index (χ1n) is 8.28. The molecule has 1 unspecified atom stereocenters. The van der Waals surface area contributed by atoms with Crippen molar-refractivity contribution in [1.29, 1.82) is 0 Å². The van der Waals surface area contributed by atoms with Crippen LogP contribution in [0.1, 0.15) is 25.5 Å². The Kier molecular flexibility index (Phi) is 6.87. The van der Waals surface area contributed by atoms with Crippen LogP contribution in [0, 0.1) is 0 Å². The summed E-state index contributed by atoms with van der Waals surface area (Å²) in [6.45, 7) is 3.15. The zero-order valence-corrected chi connectivity index (χ0v) is 17.9. The Bertz CT molecular complexity index is 1050. The third kappa shape index (κ3) is 5.78. The first-order chi connectivity index (χ1) is 12.9. The molecule has 152 valence electrons. The minimum absolute atomic E-state index is 0.000891. The van der Waals surface area contributed by atoms with E-state index in [0.717, 1.165) is 6.26 Å². The summed E-state index contributed by atoms with van der Waals surface area (Å²) in [5, 5.41) is 3.10. The van der Waals surface area contributed by atoms with Gasteiger partial charge in [-0.2, -0.15) is 4.72 Å². The number of hydrogen-bond donors (Lipinski definition) is 2. The van der Waals surface area contributed by atoms with Crippen molar-refractivity contribution >= 4 is 37.4 Å². The summed E-state index contributed by atoms with van der Waals surface area (Å²) >= 11 is 5.76. The van der Waals surface area contributed by atoms with Gasteiger partial charge >= 0.3 is 0 Å². The van der Waals surface area contributed by atoms with Crippen molar-refractivity contribution < 1.29 is 21.6 Å². The molecule has 0 heterocycles. The van der Waals surface area contributed by atoms with Crippen LogP contribution in [0.4, 0.5) is 0 Å². The molecule has 0 radical (unpaired) electrons. The van der Waals surface area contributed by atoms with Gasteiger partial charge in [-0.1, -0.05) is 23.7 Å². The Morgan fingerprint density at radius 1 is 0.893 bits per heavy atom. The van der Waals surface area contributed by atoms with E-state index in [1.165, 1.54) is 43.3 Å². The molecule has 10 heteroatoms. The van der Waals surface area contributed by atoms with Crippen molar-refractivity contribution in [1.82, 2.24) is 10.0 Å². The number of rotatable bonds is 7. The molecule has 2 rings (SSSR count). The molecule has 0 saturated heterocycles. The highest BCUT2D eigenvalue weighted by Crippen LogP contribution is 2.17. The van der Waals surface area contributed by atoms with Gasteiger partial charge < -0.3 is 5.32 Å². The molecular weight excluding hydrogens is 424 g/mol. The van der Waals surface area contributed by atoms with E-state index in [4.69, 9.17) is 11.6 Å². The highest BCUT2D eigenvalue weighted by atomic mass is 35.5. The molecule has 2 aromatic carbocycles. The van der Waals surface area contributed by atoms with E-state index < -0.39 is 37.9 Å². The van der Waals surface area contributed by atoms with Crippen LogP contribution in [0.2, 0.25) is 5.02 Å². The van der Waals surface area contributed by atoms with Gasteiger partial charge in [-0.15, -0.1) is 0 Å². The summed E-state index contributed by atoms with van der Waals surface area (Å²) in [5.74, 6) is -0.516. The Labute approximate surface area is 170 Å². The zero-order chi connectivity index (χ0) is 21.1. The Balaban J connectivity index is 2.04. The predicted octanol–water partition coefficient (Wildman–Crippen LogP) is 2.29. The van der Waals surface area contributed by atoms with E-state index >= 15 is 0 Å². The van der Waals surface area contributed by atoms with E-state index in [0.29, 0.717) is 10.6 Å². The number of nitrogens with one attached hydrogen (secondary N) is 2. The van der Waals surface area contributed by atoms with Gasteiger partial charge in [0, 0.05) is 11.3 Å². The first-order valence-corrected chi connectivity index (χ1v) is 12.0. The second-order valence-electron chi connectivity index (χ2n) is 6.37. The first kappa shape index (κ1) is 22.4. The molecule has 2 atom stereocenters. The number of halogens is 1. The Morgan fingerprint density at radius 2 is 1.39 bits per heavy atom. The molecule has 0 spiro atoms. The number of benzene rings is 2. The van der Waals surface area contributed by atoms with Crippen LogP contribution in [0.25, 0.3) is 0 Å². The summed E-state index contributed by atoms with van der Waals surface area (Å²) in [5.41, 5.74) is 0.688. The van der Waals surface area contributed by atoms with Crippen LogP contribution in [-0.2, 0) is 24.7 Å². The number of sulfonamides is 1. The van der Waals surface area contributed by atoms with Crippen molar-refractivity contribution in [2.24, 2.45) is 0 Å². The average Bonchev–Trinajstić information content (AvgIpc) is 2.61. The lowest BCUT2D eigenvalue weighted by Gasteiger charge is -2.19. The van der Waals surface area contributed by atoms with Gasteiger partial charge in [0.15, 0.2) is 9.84 Å². The largest absolute Gasteiger partial charge is 0.348 e. The third-order valence-corrected chi connectivity index (χ3v) is 6.95. The van der Waals surface area contributed by atoms with Crippen LogP contribution >= 0.6 is 11.6 Å². The lowest BCUT2D eigenvalue weighted by Crippen LogP contribution is -2.45. The van der Waals surface area contributed by atoms with E-state index in [2.05, 4.69) is 10.0 Å². The molecule has 0 aromatic heterocycles. The molecule has 0 aliphatic heterocycles. The molecule has 0 fully saturated rings. The fourth-order valence-electron chi connectivity index (χ4n) is 2.39. The molecular formula is C18H21ClN2O5S2. The fourth-order valence-corrected chi connectivity index (χ4v) is 4.35. The van der Waals surface area contributed by atoms with Crippen LogP contribution in [0.3, 0.4) is 0 Å². The van der Waals surface area contributed by atoms with Crippen LogP contribution in [0.15, 0.2) is 58.3 Å². The lowest BCUT2D eigenvalue weighted by atomic mass is 10.1. The quantitative estimate of drug-likeness (QED) is 0.680.